The van der Waals surface area contributed by atoms with Crippen LogP contribution in [0.25, 0.3) is 0 Å². The highest BCUT2D eigenvalue weighted by Gasteiger charge is 2.24. The monoisotopic (exact) mass is 411 g/mol. The van der Waals surface area contributed by atoms with Crippen molar-refractivity contribution in [3.8, 4) is 5.75 Å². The second-order valence-electron chi connectivity index (χ2n) is 7.31. The van der Waals surface area contributed by atoms with Crippen LogP contribution in [0.5, 0.6) is 5.75 Å². The summed E-state index contributed by atoms with van der Waals surface area (Å²) in [4.78, 5) is 24.3. The summed E-state index contributed by atoms with van der Waals surface area (Å²) in [5.41, 5.74) is 6.97. The van der Waals surface area contributed by atoms with Crippen molar-refractivity contribution in [2.24, 2.45) is 11.7 Å². The number of rotatable bonds is 9. The zero-order valence-corrected chi connectivity index (χ0v) is 17.7. The molecule has 0 aromatic heterocycles. The lowest BCUT2D eigenvalue weighted by molar-refractivity contribution is -0.126. The largest absolute Gasteiger partial charge is 0.494 e. The number of halogens is 1. The van der Waals surface area contributed by atoms with E-state index in [4.69, 9.17) is 10.5 Å². The van der Waals surface area contributed by atoms with Gasteiger partial charge < -0.3 is 21.1 Å². The van der Waals surface area contributed by atoms with Crippen LogP contribution in [-0.2, 0) is 9.59 Å². The van der Waals surface area contributed by atoms with Gasteiger partial charge >= 0.3 is 0 Å². The fraction of sp³-hybridized carbons (Fsp3) is 0.619. The maximum absolute atomic E-state index is 12.1. The van der Waals surface area contributed by atoms with E-state index >= 15 is 0 Å². The molecule has 1 fully saturated rings. The summed E-state index contributed by atoms with van der Waals surface area (Å²) in [6, 6.07) is 7.83. The van der Waals surface area contributed by atoms with Gasteiger partial charge in [0.15, 0.2) is 0 Å². The van der Waals surface area contributed by atoms with Gasteiger partial charge in [-0.15, -0.1) is 12.4 Å². The highest BCUT2D eigenvalue weighted by molar-refractivity contribution is 5.85. The zero-order chi connectivity index (χ0) is 19.6. The number of amides is 2. The van der Waals surface area contributed by atoms with E-state index in [2.05, 4.69) is 10.6 Å². The number of benzene rings is 1. The molecule has 6 nitrogen and oxygen atoms in total. The quantitative estimate of drug-likeness (QED) is 0.544. The molecule has 1 aliphatic carbocycles. The van der Waals surface area contributed by atoms with Crippen molar-refractivity contribution < 1.29 is 14.3 Å². The lowest BCUT2D eigenvalue weighted by Gasteiger charge is -2.25. The van der Waals surface area contributed by atoms with Gasteiger partial charge in [0.05, 0.1) is 12.6 Å². The third kappa shape index (κ3) is 8.07. The van der Waals surface area contributed by atoms with Crippen molar-refractivity contribution in [1.29, 1.82) is 0 Å². The average Bonchev–Trinajstić information content (AvgIpc) is 2.66. The maximum atomic E-state index is 12.1. The minimum Gasteiger partial charge on any atom is -0.494 e. The van der Waals surface area contributed by atoms with Crippen molar-refractivity contribution >= 4 is 24.2 Å². The highest BCUT2D eigenvalue weighted by Crippen LogP contribution is 2.23. The third-order valence-corrected chi connectivity index (χ3v) is 5.03. The molecule has 1 aromatic rings. The lowest BCUT2D eigenvalue weighted by Crippen LogP contribution is -2.38. The average molecular weight is 412 g/mol. The Morgan fingerprint density at radius 1 is 1.25 bits per heavy atom. The molecule has 1 aromatic carbocycles. The molecule has 158 valence electrons. The number of hydrogen-bond donors (Lipinski definition) is 3. The van der Waals surface area contributed by atoms with Crippen molar-refractivity contribution in [3.63, 3.8) is 0 Å². The van der Waals surface area contributed by atoms with Crippen LogP contribution < -0.4 is 21.1 Å². The fourth-order valence-corrected chi connectivity index (χ4v) is 3.49. The number of nitrogens with one attached hydrogen (secondary N) is 2. The summed E-state index contributed by atoms with van der Waals surface area (Å²) in [7, 11) is 0. The Labute approximate surface area is 174 Å². The van der Waals surface area contributed by atoms with E-state index in [-0.39, 0.29) is 42.2 Å². The lowest BCUT2D eigenvalue weighted by atomic mass is 9.85. The number of carbonyl (C=O) groups excluding carboxylic acids is 2. The molecule has 0 radical (unpaired) electrons. The number of nitrogens with two attached hydrogens (primary N) is 1. The van der Waals surface area contributed by atoms with Crippen molar-refractivity contribution in [2.45, 2.75) is 64.5 Å². The number of hydrogen-bond acceptors (Lipinski definition) is 4. The van der Waals surface area contributed by atoms with E-state index < -0.39 is 0 Å². The first-order valence-corrected chi connectivity index (χ1v) is 10.0. The Hall–Kier alpha value is -1.79. The van der Waals surface area contributed by atoms with Gasteiger partial charge in [-0.2, -0.15) is 0 Å². The van der Waals surface area contributed by atoms with Crippen LogP contribution in [0.3, 0.4) is 0 Å². The molecule has 4 N–H and O–H groups in total. The first kappa shape index (κ1) is 24.2. The first-order chi connectivity index (χ1) is 13.0. The van der Waals surface area contributed by atoms with E-state index in [1.54, 1.807) is 0 Å². The van der Waals surface area contributed by atoms with E-state index in [1.165, 1.54) is 0 Å². The zero-order valence-electron chi connectivity index (χ0n) is 16.9. The van der Waals surface area contributed by atoms with Gasteiger partial charge in [-0.25, -0.2) is 0 Å². The summed E-state index contributed by atoms with van der Waals surface area (Å²) in [6.45, 7) is 5.07. The molecule has 7 heteroatoms. The predicted molar refractivity (Wildman–Crippen MR) is 114 cm³/mol. The summed E-state index contributed by atoms with van der Waals surface area (Å²) in [5, 5.41) is 5.94. The standard InChI is InChI=1S/C21H33N3O3.ClH/c1-3-27-19-11-9-16(10-12-19)15(2)24-20(25)8-5-13-23-21(26)17-6-4-7-18(22)14-17;/h9-12,15,17-18H,3-8,13-14,22H2,1-2H3,(H,23,26)(H,24,25);1H. The molecule has 3 atom stereocenters. The van der Waals surface area contributed by atoms with Gasteiger partial charge in [-0.1, -0.05) is 18.6 Å². The number of carbonyl (C=O) groups is 2. The fourth-order valence-electron chi connectivity index (χ4n) is 3.49. The molecule has 0 heterocycles. The molecule has 2 amide bonds. The maximum Gasteiger partial charge on any atom is 0.223 e. The minimum atomic E-state index is -0.0634. The summed E-state index contributed by atoms with van der Waals surface area (Å²) in [6.07, 6.45) is 4.74. The van der Waals surface area contributed by atoms with E-state index in [0.717, 1.165) is 37.0 Å². The van der Waals surface area contributed by atoms with Crippen LogP contribution in [0.2, 0.25) is 0 Å². The van der Waals surface area contributed by atoms with Crippen LogP contribution in [0.1, 0.15) is 64.0 Å². The molecular weight excluding hydrogens is 378 g/mol. The normalized spacial score (nSPS) is 19.8. The van der Waals surface area contributed by atoms with Crippen LogP contribution in [0.15, 0.2) is 24.3 Å². The first-order valence-electron chi connectivity index (χ1n) is 10.0. The molecule has 28 heavy (non-hydrogen) atoms. The summed E-state index contributed by atoms with van der Waals surface area (Å²) >= 11 is 0. The van der Waals surface area contributed by atoms with E-state index in [1.807, 2.05) is 38.1 Å². The van der Waals surface area contributed by atoms with Gasteiger partial charge in [-0.05, 0) is 57.2 Å². The molecular formula is C21H34ClN3O3. The van der Waals surface area contributed by atoms with E-state index in [9.17, 15) is 9.59 Å². The Bertz CT molecular complexity index is 609. The second kappa shape index (κ2) is 12.6. The van der Waals surface area contributed by atoms with Gasteiger partial charge in [-0.3, -0.25) is 9.59 Å². The van der Waals surface area contributed by atoms with E-state index in [0.29, 0.717) is 26.0 Å². The second-order valence-corrected chi connectivity index (χ2v) is 7.31. The molecule has 2 rings (SSSR count). The van der Waals surface area contributed by atoms with Crippen molar-refractivity contribution in [3.05, 3.63) is 29.8 Å². The molecule has 0 spiro atoms. The summed E-state index contributed by atoms with van der Waals surface area (Å²) < 4.78 is 5.43. The topological polar surface area (TPSA) is 93.5 Å². The number of ether oxygens (including phenoxy) is 1. The van der Waals surface area contributed by atoms with Gasteiger partial charge in [0.25, 0.3) is 0 Å². The predicted octanol–water partition coefficient (Wildman–Crippen LogP) is 3.10. The summed E-state index contributed by atoms with van der Waals surface area (Å²) in [5.74, 6) is 0.926. The van der Waals surface area contributed by atoms with Crippen LogP contribution in [-0.4, -0.2) is 31.0 Å². The highest BCUT2D eigenvalue weighted by atomic mass is 35.5. The molecule has 1 aliphatic rings. The van der Waals surface area contributed by atoms with Crippen molar-refractivity contribution in [2.75, 3.05) is 13.2 Å². The van der Waals surface area contributed by atoms with Crippen molar-refractivity contribution in [1.82, 2.24) is 10.6 Å². The molecule has 0 saturated heterocycles. The Morgan fingerprint density at radius 3 is 2.61 bits per heavy atom. The SMILES string of the molecule is CCOc1ccc(C(C)NC(=O)CCCNC(=O)C2CCCC(N)C2)cc1.Cl. The smallest absolute Gasteiger partial charge is 0.223 e. The third-order valence-electron chi connectivity index (χ3n) is 5.03. The molecule has 0 bridgehead atoms. The molecule has 0 aliphatic heterocycles. The Kier molecular flexibility index (Phi) is 10.9. The molecule has 3 unspecified atom stereocenters. The van der Waals surface area contributed by atoms with Crippen LogP contribution in [0, 0.1) is 5.92 Å². The Balaban J connectivity index is 0.00000392. The van der Waals surface area contributed by atoms with Crippen LogP contribution >= 0.6 is 12.4 Å². The molecule has 1 saturated carbocycles. The van der Waals surface area contributed by atoms with Gasteiger partial charge in [0.2, 0.25) is 11.8 Å². The Morgan fingerprint density at radius 2 is 1.96 bits per heavy atom. The minimum absolute atomic E-state index is 0. The van der Waals surface area contributed by atoms with Gasteiger partial charge in [0.1, 0.15) is 5.75 Å². The van der Waals surface area contributed by atoms with Gasteiger partial charge in [0, 0.05) is 24.9 Å². The van der Waals surface area contributed by atoms with Crippen LogP contribution in [0.4, 0.5) is 0 Å².